The smallest absolute Gasteiger partial charge is 0.339 e. The molecule has 1 rings (SSSR count). The first-order valence-corrected chi connectivity index (χ1v) is 5.38. The highest BCUT2D eigenvalue weighted by Crippen LogP contribution is 2.24. The van der Waals surface area contributed by atoms with E-state index < -0.39 is 27.3 Å². The summed E-state index contributed by atoms with van der Waals surface area (Å²) in [4.78, 5) is 10.3. The summed E-state index contributed by atoms with van der Waals surface area (Å²) in [6, 6.07) is 1.88. The van der Waals surface area contributed by atoms with Crippen molar-refractivity contribution in [2.75, 3.05) is 0 Å². The van der Waals surface area contributed by atoms with Gasteiger partial charge in [-0.1, -0.05) is 0 Å². The number of aromatic hydroxyl groups is 1. The first-order chi connectivity index (χ1) is 6.73. The SMILES string of the molecule is Cc1cc(O)c(C(=O)O)cc1S(N)(=O)=O. The van der Waals surface area contributed by atoms with E-state index in [1.807, 2.05) is 0 Å². The van der Waals surface area contributed by atoms with Crippen LogP contribution in [0.3, 0.4) is 0 Å². The molecular weight excluding hydrogens is 222 g/mol. The van der Waals surface area contributed by atoms with Gasteiger partial charge in [0.15, 0.2) is 0 Å². The Morgan fingerprint density at radius 3 is 2.33 bits per heavy atom. The number of sulfonamides is 1. The zero-order valence-corrected chi connectivity index (χ0v) is 8.58. The van der Waals surface area contributed by atoms with Crippen LogP contribution in [0.1, 0.15) is 15.9 Å². The number of carbonyl (C=O) groups is 1. The highest BCUT2D eigenvalue weighted by Gasteiger charge is 2.18. The number of aromatic carboxylic acids is 1. The molecule has 1 aromatic carbocycles. The molecule has 0 radical (unpaired) electrons. The van der Waals surface area contributed by atoms with Crippen molar-refractivity contribution >= 4 is 16.0 Å². The van der Waals surface area contributed by atoms with Crippen LogP contribution in [0.25, 0.3) is 0 Å². The molecule has 0 amide bonds. The molecule has 0 spiro atoms. The van der Waals surface area contributed by atoms with Gasteiger partial charge in [0.2, 0.25) is 10.0 Å². The second-order valence-electron chi connectivity index (χ2n) is 2.99. The van der Waals surface area contributed by atoms with Gasteiger partial charge in [-0.05, 0) is 24.6 Å². The molecule has 0 saturated carbocycles. The van der Waals surface area contributed by atoms with Crippen molar-refractivity contribution in [2.45, 2.75) is 11.8 Å². The minimum atomic E-state index is -3.98. The second kappa shape index (κ2) is 3.52. The number of hydrogen-bond donors (Lipinski definition) is 3. The fourth-order valence-corrected chi connectivity index (χ4v) is 1.94. The van der Waals surface area contributed by atoms with E-state index in [-0.39, 0.29) is 10.5 Å². The molecule has 0 aromatic heterocycles. The number of benzene rings is 1. The Balaban J connectivity index is 3.58. The number of nitrogens with two attached hydrogens (primary N) is 1. The zero-order chi connectivity index (χ0) is 11.8. The third-order valence-electron chi connectivity index (χ3n) is 1.83. The summed E-state index contributed by atoms with van der Waals surface area (Å²) in [5.74, 6) is -1.91. The lowest BCUT2D eigenvalue weighted by molar-refractivity contribution is 0.0693. The molecule has 1 aromatic rings. The lowest BCUT2D eigenvalue weighted by Crippen LogP contribution is -2.14. The Hall–Kier alpha value is -1.60. The summed E-state index contributed by atoms with van der Waals surface area (Å²) in [6.07, 6.45) is 0. The Labute approximate surface area is 86.0 Å². The summed E-state index contributed by atoms with van der Waals surface area (Å²) in [7, 11) is -3.98. The van der Waals surface area contributed by atoms with Crippen molar-refractivity contribution in [1.29, 1.82) is 0 Å². The molecule has 15 heavy (non-hydrogen) atoms. The quantitative estimate of drug-likeness (QED) is 0.664. The van der Waals surface area contributed by atoms with Gasteiger partial charge in [0.05, 0.1) is 4.90 Å². The van der Waals surface area contributed by atoms with Crippen LogP contribution in [-0.2, 0) is 10.0 Å². The fourth-order valence-electron chi connectivity index (χ4n) is 1.15. The lowest BCUT2D eigenvalue weighted by atomic mass is 10.1. The Morgan fingerprint density at radius 1 is 1.40 bits per heavy atom. The normalized spacial score (nSPS) is 11.3. The van der Waals surface area contributed by atoms with E-state index in [1.54, 1.807) is 0 Å². The Kier molecular flexibility index (Phi) is 2.69. The molecule has 0 fully saturated rings. The predicted octanol–water partition coefficient (Wildman–Crippen LogP) is 0.0462. The van der Waals surface area contributed by atoms with Gasteiger partial charge in [0, 0.05) is 0 Å². The molecule has 0 saturated heterocycles. The van der Waals surface area contributed by atoms with Crippen LogP contribution >= 0.6 is 0 Å². The van der Waals surface area contributed by atoms with Gasteiger partial charge < -0.3 is 10.2 Å². The first kappa shape index (κ1) is 11.5. The average molecular weight is 231 g/mol. The monoisotopic (exact) mass is 231 g/mol. The van der Waals surface area contributed by atoms with Crippen molar-refractivity contribution in [3.05, 3.63) is 23.3 Å². The maximum atomic E-state index is 11.0. The van der Waals surface area contributed by atoms with Crippen LogP contribution in [0.5, 0.6) is 5.75 Å². The van der Waals surface area contributed by atoms with Crippen molar-refractivity contribution in [2.24, 2.45) is 5.14 Å². The molecule has 0 atom stereocenters. The van der Waals surface area contributed by atoms with Gasteiger partial charge >= 0.3 is 5.97 Å². The Bertz CT molecular complexity index is 520. The van der Waals surface area contributed by atoms with Crippen LogP contribution in [-0.4, -0.2) is 24.6 Å². The summed E-state index contributed by atoms with van der Waals surface area (Å²) >= 11 is 0. The van der Waals surface area contributed by atoms with Crippen LogP contribution in [0.2, 0.25) is 0 Å². The molecular formula is C8H9NO5S. The van der Waals surface area contributed by atoms with Crippen molar-refractivity contribution in [3.63, 3.8) is 0 Å². The standard InChI is InChI=1S/C8H9NO5S/c1-4-2-6(10)5(8(11)12)3-7(4)15(9,13)14/h2-3,10H,1H3,(H,11,12)(H2,9,13,14). The number of primary sulfonamides is 1. The molecule has 0 aliphatic carbocycles. The van der Waals surface area contributed by atoms with E-state index in [0.29, 0.717) is 0 Å². The number of hydrogen-bond acceptors (Lipinski definition) is 4. The minimum Gasteiger partial charge on any atom is -0.507 e. The van der Waals surface area contributed by atoms with Crippen molar-refractivity contribution < 1.29 is 23.4 Å². The van der Waals surface area contributed by atoms with Gasteiger partial charge in [-0.2, -0.15) is 0 Å². The van der Waals surface area contributed by atoms with E-state index in [1.165, 1.54) is 6.92 Å². The van der Waals surface area contributed by atoms with Crippen LogP contribution in [0, 0.1) is 6.92 Å². The fraction of sp³-hybridized carbons (Fsp3) is 0.125. The highest BCUT2D eigenvalue weighted by atomic mass is 32.2. The first-order valence-electron chi connectivity index (χ1n) is 3.83. The molecule has 0 unspecified atom stereocenters. The molecule has 0 aliphatic rings. The van der Waals surface area contributed by atoms with Crippen molar-refractivity contribution in [1.82, 2.24) is 0 Å². The molecule has 0 heterocycles. The topological polar surface area (TPSA) is 118 Å². The van der Waals surface area contributed by atoms with Gasteiger partial charge in [0.1, 0.15) is 11.3 Å². The van der Waals surface area contributed by atoms with E-state index in [4.69, 9.17) is 10.2 Å². The third kappa shape index (κ3) is 2.25. The minimum absolute atomic E-state index is 0.194. The molecule has 0 bridgehead atoms. The summed E-state index contributed by atoms with van der Waals surface area (Å²) in [5, 5.41) is 22.8. The summed E-state index contributed by atoms with van der Waals surface area (Å²) in [5.41, 5.74) is -0.301. The molecule has 0 aliphatic heterocycles. The molecule has 7 heteroatoms. The van der Waals surface area contributed by atoms with Gasteiger partial charge in [-0.15, -0.1) is 0 Å². The molecule has 6 nitrogen and oxygen atoms in total. The Morgan fingerprint density at radius 2 is 1.93 bits per heavy atom. The highest BCUT2D eigenvalue weighted by molar-refractivity contribution is 7.89. The lowest BCUT2D eigenvalue weighted by Gasteiger charge is -2.06. The maximum absolute atomic E-state index is 11.0. The van der Waals surface area contributed by atoms with Crippen LogP contribution < -0.4 is 5.14 Å². The number of carboxylic acid groups (broad SMARTS) is 1. The predicted molar refractivity (Wildman–Crippen MR) is 51.2 cm³/mol. The largest absolute Gasteiger partial charge is 0.507 e. The summed E-state index contributed by atoms with van der Waals surface area (Å²) < 4.78 is 22.1. The zero-order valence-electron chi connectivity index (χ0n) is 7.76. The van der Waals surface area contributed by atoms with Gasteiger partial charge in [-0.3, -0.25) is 0 Å². The number of rotatable bonds is 2. The van der Waals surface area contributed by atoms with E-state index in [9.17, 15) is 18.3 Å². The molecule has 82 valence electrons. The van der Waals surface area contributed by atoms with E-state index in [0.717, 1.165) is 12.1 Å². The van der Waals surface area contributed by atoms with Crippen molar-refractivity contribution in [3.8, 4) is 5.75 Å². The van der Waals surface area contributed by atoms with Crippen LogP contribution in [0.4, 0.5) is 0 Å². The van der Waals surface area contributed by atoms with Gasteiger partial charge in [0.25, 0.3) is 0 Å². The molecule has 4 N–H and O–H groups in total. The second-order valence-corrected chi connectivity index (χ2v) is 4.51. The maximum Gasteiger partial charge on any atom is 0.339 e. The van der Waals surface area contributed by atoms with E-state index >= 15 is 0 Å². The third-order valence-corrected chi connectivity index (χ3v) is 2.88. The summed E-state index contributed by atoms with van der Waals surface area (Å²) in [6.45, 7) is 1.41. The van der Waals surface area contributed by atoms with Crippen LogP contribution in [0.15, 0.2) is 17.0 Å². The average Bonchev–Trinajstić information content (AvgIpc) is 2.00. The number of aryl methyl sites for hydroxylation is 1. The van der Waals surface area contributed by atoms with E-state index in [2.05, 4.69) is 0 Å². The number of phenols is 1. The number of carboxylic acids is 1. The van der Waals surface area contributed by atoms with Gasteiger partial charge in [-0.25, -0.2) is 18.4 Å².